The molecule has 0 heterocycles. The average molecular weight is 265 g/mol. The van der Waals surface area contributed by atoms with E-state index in [1.807, 2.05) is 6.92 Å². The summed E-state index contributed by atoms with van der Waals surface area (Å²) in [4.78, 5) is 22.3. The van der Waals surface area contributed by atoms with Crippen molar-refractivity contribution in [1.29, 1.82) is 0 Å². The molecule has 5 heteroatoms. The van der Waals surface area contributed by atoms with E-state index in [9.17, 15) is 19.8 Å². The van der Waals surface area contributed by atoms with Crippen LogP contribution in [-0.2, 0) is 4.74 Å². The molecule has 1 aromatic rings. The number of esters is 1. The van der Waals surface area contributed by atoms with Gasteiger partial charge in [-0.05, 0) is 24.1 Å². The van der Waals surface area contributed by atoms with Crippen molar-refractivity contribution in [3.05, 3.63) is 35.4 Å². The summed E-state index contributed by atoms with van der Waals surface area (Å²) in [5.41, 5.74) is -0.0221. The number of carbonyl (C=O) groups is 2. The molecule has 0 aliphatic carbocycles. The SMILES string of the molecule is CCCCCC(O)OC(=O)c1cccc(C(=O)[O-])c1. The molecule has 0 aromatic heterocycles. The van der Waals surface area contributed by atoms with E-state index >= 15 is 0 Å². The summed E-state index contributed by atoms with van der Waals surface area (Å²) in [5.74, 6) is -2.11. The van der Waals surface area contributed by atoms with Gasteiger partial charge in [-0.2, -0.15) is 0 Å². The summed E-state index contributed by atoms with van der Waals surface area (Å²) < 4.78 is 4.82. The summed E-state index contributed by atoms with van der Waals surface area (Å²) in [5, 5.41) is 20.2. The Labute approximate surface area is 111 Å². The van der Waals surface area contributed by atoms with Crippen LogP contribution < -0.4 is 5.11 Å². The third kappa shape index (κ3) is 5.09. The highest BCUT2D eigenvalue weighted by molar-refractivity contribution is 5.93. The maximum Gasteiger partial charge on any atom is 0.340 e. The number of ether oxygens (including phenoxy) is 1. The number of aliphatic hydroxyl groups is 1. The highest BCUT2D eigenvalue weighted by atomic mass is 16.6. The standard InChI is InChI=1S/C14H18O5/c1-2-3-4-8-12(15)19-14(18)11-7-5-6-10(9-11)13(16)17/h5-7,9,12,15H,2-4,8H2,1H3,(H,16,17)/p-1. The third-order valence-corrected chi connectivity index (χ3v) is 2.63. The summed E-state index contributed by atoms with van der Waals surface area (Å²) >= 11 is 0. The van der Waals surface area contributed by atoms with Crippen molar-refractivity contribution < 1.29 is 24.5 Å². The van der Waals surface area contributed by atoms with E-state index in [4.69, 9.17) is 4.74 Å². The molecule has 0 fully saturated rings. The van der Waals surface area contributed by atoms with Crippen molar-refractivity contribution in [2.24, 2.45) is 0 Å². The predicted molar refractivity (Wildman–Crippen MR) is 66.3 cm³/mol. The van der Waals surface area contributed by atoms with Crippen molar-refractivity contribution in [3.63, 3.8) is 0 Å². The lowest BCUT2D eigenvalue weighted by Crippen LogP contribution is -2.23. The fraction of sp³-hybridized carbons (Fsp3) is 0.429. The molecule has 0 saturated carbocycles. The zero-order valence-electron chi connectivity index (χ0n) is 10.8. The lowest BCUT2D eigenvalue weighted by Gasteiger charge is -2.12. The quantitative estimate of drug-likeness (QED) is 0.453. The molecule has 0 aliphatic heterocycles. The number of rotatable bonds is 7. The van der Waals surface area contributed by atoms with Gasteiger partial charge in [0.1, 0.15) is 0 Å². The molecular formula is C14H17O5-. The zero-order valence-corrected chi connectivity index (χ0v) is 10.8. The van der Waals surface area contributed by atoms with Crippen LogP contribution in [0.5, 0.6) is 0 Å². The summed E-state index contributed by atoms with van der Waals surface area (Å²) in [6.07, 6.45) is 1.94. The first-order valence-electron chi connectivity index (χ1n) is 6.25. The fourth-order valence-corrected chi connectivity index (χ4v) is 1.59. The Bertz CT molecular complexity index is 441. The number of hydrogen-bond acceptors (Lipinski definition) is 5. The van der Waals surface area contributed by atoms with Crippen molar-refractivity contribution >= 4 is 11.9 Å². The van der Waals surface area contributed by atoms with E-state index in [1.165, 1.54) is 18.2 Å². The topological polar surface area (TPSA) is 86.7 Å². The molecule has 0 amide bonds. The lowest BCUT2D eigenvalue weighted by atomic mass is 10.1. The van der Waals surface area contributed by atoms with E-state index in [0.29, 0.717) is 6.42 Å². The highest BCUT2D eigenvalue weighted by Gasteiger charge is 2.13. The van der Waals surface area contributed by atoms with Gasteiger partial charge < -0.3 is 19.7 Å². The second-order valence-electron chi connectivity index (χ2n) is 4.22. The Morgan fingerprint density at radius 3 is 2.63 bits per heavy atom. The van der Waals surface area contributed by atoms with Crippen LogP contribution in [0.15, 0.2) is 24.3 Å². The van der Waals surface area contributed by atoms with Crippen LogP contribution in [0, 0.1) is 0 Å². The van der Waals surface area contributed by atoms with Crippen molar-refractivity contribution in [1.82, 2.24) is 0 Å². The van der Waals surface area contributed by atoms with E-state index < -0.39 is 18.2 Å². The second kappa shape index (κ2) is 7.53. The van der Waals surface area contributed by atoms with Crippen LogP contribution >= 0.6 is 0 Å². The van der Waals surface area contributed by atoms with Gasteiger partial charge in [-0.25, -0.2) is 4.79 Å². The van der Waals surface area contributed by atoms with Gasteiger partial charge in [0.25, 0.3) is 0 Å². The average Bonchev–Trinajstić information content (AvgIpc) is 2.39. The molecule has 104 valence electrons. The maximum absolute atomic E-state index is 11.7. The highest BCUT2D eigenvalue weighted by Crippen LogP contribution is 2.10. The number of carboxylic acid groups (broad SMARTS) is 1. The number of carboxylic acids is 1. The fourth-order valence-electron chi connectivity index (χ4n) is 1.59. The Morgan fingerprint density at radius 2 is 2.00 bits per heavy atom. The Morgan fingerprint density at radius 1 is 1.32 bits per heavy atom. The van der Waals surface area contributed by atoms with Gasteiger partial charge in [0.15, 0.2) is 0 Å². The molecule has 1 atom stereocenters. The molecule has 1 N–H and O–H groups in total. The number of aliphatic hydroxyl groups excluding tert-OH is 1. The van der Waals surface area contributed by atoms with Gasteiger partial charge in [-0.15, -0.1) is 0 Å². The number of carbonyl (C=O) groups excluding carboxylic acids is 2. The van der Waals surface area contributed by atoms with Crippen LogP contribution in [0.4, 0.5) is 0 Å². The first-order valence-corrected chi connectivity index (χ1v) is 6.25. The van der Waals surface area contributed by atoms with Gasteiger partial charge in [0.05, 0.1) is 11.5 Å². The van der Waals surface area contributed by atoms with Crippen LogP contribution in [0.2, 0.25) is 0 Å². The molecular weight excluding hydrogens is 248 g/mol. The molecule has 0 aliphatic rings. The lowest BCUT2D eigenvalue weighted by molar-refractivity contribution is -0.255. The zero-order chi connectivity index (χ0) is 14.3. The minimum Gasteiger partial charge on any atom is -0.545 e. The molecule has 0 saturated heterocycles. The Hall–Kier alpha value is -1.88. The predicted octanol–water partition coefficient (Wildman–Crippen LogP) is 1.11. The van der Waals surface area contributed by atoms with E-state index in [0.717, 1.165) is 25.3 Å². The number of unbranched alkanes of at least 4 members (excludes halogenated alkanes) is 2. The summed E-state index contributed by atoms with van der Waals surface area (Å²) in [6, 6.07) is 5.33. The van der Waals surface area contributed by atoms with E-state index in [-0.39, 0.29) is 11.1 Å². The minimum absolute atomic E-state index is 0.0799. The van der Waals surface area contributed by atoms with Crippen LogP contribution in [0.25, 0.3) is 0 Å². The van der Waals surface area contributed by atoms with E-state index in [2.05, 4.69) is 0 Å². The van der Waals surface area contributed by atoms with E-state index in [1.54, 1.807) is 0 Å². The summed E-state index contributed by atoms with van der Waals surface area (Å²) in [6.45, 7) is 2.03. The number of hydrogen-bond donors (Lipinski definition) is 1. The third-order valence-electron chi connectivity index (χ3n) is 2.63. The molecule has 1 aromatic carbocycles. The first kappa shape index (κ1) is 15.2. The molecule has 1 unspecified atom stereocenters. The van der Waals surface area contributed by atoms with Crippen molar-refractivity contribution in [2.75, 3.05) is 0 Å². The van der Waals surface area contributed by atoms with Crippen LogP contribution in [0.3, 0.4) is 0 Å². The van der Waals surface area contributed by atoms with Crippen LogP contribution in [-0.4, -0.2) is 23.3 Å². The Balaban J connectivity index is 2.57. The number of benzene rings is 1. The monoisotopic (exact) mass is 265 g/mol. The molecule has 0 radical (unpaired) electrons. The van der Waals surface area contributed by atoms with Gasteiger partial charge in [0, 0.05) is 6.42 Å². The molecule has 5 nitrogen and oxygen atoms in total. The Kier molecular flexibility index (Phi) is 6.02. The van der Waals surface area contributed by atoms with Crippen molar-refractivity contribution in [3.8, 4) is 0 Å². The minimum atomic E-state index is -1.36. The van der Waals surface area contributed by atoms with Crippen LogP contribution in [0.1, 0.15) is 53.3 Å². The van der Waals surface area contributed by atoms with Gasteiger partial charge in [-0.1, -0.05) is 31.9 Å². The smallest absolute Gasteiger partial charge is 0.340 e. The van der Waals surface area contributed by atoms with Crippen molar-refractivity contribution in [2.45, 2.75) is 38.9 Å². The van der Waals surface area contributed by atoms with Gasteiger partial charge in [0.2, 0.25) is 6.29 Å². The molecule has 0 spiro atoms. The summed E-state index contributed by atoms with van der Waals surface area (Å²) in [7, 11) is 0. The molecule has 19 heavy (non-hydrogen) atoms. The van der Waals surface area contributed by atoms with Gasteiger partial charge >= 0.3 is 5.97 Å². The normalized spacial score (nSPS) is 11.9. The first-order chi connectivity index (χ1) is 9.04. The van der Waals surface area contributed by atoms with Gasteiger partial charge in [-0.3, -0.25) is 0 Å². The molecule has 1 rings (SSSR count). The largest absolute Gasteiger partial charge is 0.545 e. The second-order valence-corrected chi connectivity index (χ2v) is 4.22. The number of aromatic carboxylic acids is 1. The molecule has 0 bridgehead atoms. The maximum atomic E-state index is 11.7.